The van der Waals surface area contributed by atoms with Crippen molar-refractivity contribution in [1.82, 2.24) is 0 Å². The molecule has 0 aromatic heterocycles. The van der Waals surface area contributed by atoms with Crippen molar-refractivity contribution in [2.45, 2.75) is 12.1 Å². The maximum Gasteiger partial charge on any atom is 0.258 e. The van der Waals surface area contributed by atoms with E-state index in [2.05, 4.69) is 0 Å². The number of rotatable bonds is 3. The van der Waals surface area contributed by atoms with Gasteiger partial charge in [0, 0.05) is 16.3 Å². The van der Waals surface area contributed by atoms with E-state index in [9.17, 15) is 18.3 Å². The molecule has 0 saturated carbocycles. The second kappa shape index (κ2) is 6.55. The molecule has 2 atom stereocenters. The lowest BCUT2D eigenvalue weighted by Gasteiger charge is -2.30. The number of benzene rings is 2. The van der Waals surface area contributed by atoms with Crippen molar-refractivity contribution in [3.05, 3.63) is 65.2 Å². The first-order valence-electron chi connectivity index (χ1n) is 7.40. The van der Waals surface area contributed by atoms with Gasteiger partial charge in [0.05, 0.1) is 23.7 Å². The van der Waals surface area contributed by atoms with Crippen LogP contribution in [0.15, 0.2) is 54.6 Å². The summed E-state index contributed by atoms with van der Waals surface area (Å²) in [6.45, 7) is 0. The molecule has 0 aliphatic carbocycles. The molecule has 1 aliphatic rings. The SMILES string of the molecule is O=C(c1ccccc1)N(c1ccc(Cl)cc1)C1CS(=O)(=O)CC1O. The fraction of sp³-hybridized carbons (Fsp3) is 0.235. The number of halogens is 1. The summed E-state index contributed by atoms with van der Waals surface area (Å²) in [5, 5.41) is 10.7. The van der Waals surface area contributed by atoms with Crippen molar-refractivity contribution in [2.75, 3.05) is 16.4 Å². The van der Waals surface area contributed by atoms with Crippen LogP contribution in [-0.2, 0) is 9.84 Å². The number of aliphatic hydroxyl groups is 1. The van der Waals surface area contributed by atoms with Crippen LogP contribution < -0.4 is 4.90 Å². The molecule has 2 aromatic carbocycles. The average Bonchev–Trinajstić information content (AvgIpc) is 2.83. The van der Waals surface area contributed by atoms with Gasteiger partial charge in [0.2, 0.25) is 0 Å². The van der Waals surface area contributed by atoms with E-state index in [0.29, 0.717) is 16.3 Å². The Morgan fingerprint density at radius 1 is 1.04 bits per heavy atom. The number of anilines is 1. The highest BCUT2D eigenvalue weighted by atomic mass is 35.5. The number of carbonyl (C=O) groups is 1. The van der Waals surface area contributed by atoms with Crippen molar-refractivity contribution >= 4 is 33.0 Å². The van der Waals surface area contributed by atoms with E-state index in [1.165, 1.54) is 4.90 Å². The van der Waals surface area contributed by atoms with Gasteiger partial charge >= 0.3 is 0 Å². The molecule has 1 N–H and O–H groups in total. The van der Waals surface area contributed by atoms with Crippen LogP contribution in [0.2, 0.25) is 5.02 Å². The monoisotopic (exact) mass is 365 g/mol. The molecule has 0 spiro atoms. The predicted molar refractivity (Wildman–Crippen MR) is 93.2 cm³/mol. The molecule has 5 nitrogen and oxygen atoms in total. The molecule has 1 amide bonds. The molecule has 3 rings (SSSR count). The van der Waals surface area contributed by atoms with Gasteiger partial charge in [-0.2, -0.15) is 0 Å². The summed E-state index contributed by atoms with van der Waals surface area (Å²) in [5.41, 5.74) is 0.915. The van der Waals surface area contributed by atoms with Crippen LogP contribution in [-0.4, -0.2) is 43.1 Å². The Morgan fingerprint density at radius 2 is 1.67 bits per heavy atom. The average molecular weight is 366 g/mol. The van der Waals surface area contributed by atoms with Crippen molar-refractivity contribution in [1.29, 1.82) is 0 Å². The highest BCUT2D eigenvalue weighted by Gasteiger charge is 2.42. The van der Waals surface area contributed by atoms with Gasteiger partial charge in [-0.1, -0.05) is 29.8 Å². The molecule has 24 heavy (non-hydrogen) atoms. The van der Waals surface area contributed by atoms with Gasteiger partial charge in [-0.3, -0.25) is 4.79 Å². The van der Waals surface area contributed by atoms with E-state index in [0.717, 1.165) is 0 Å². The van der Waals surface area contributed by atoms with E-state index in [-0.39, 0.29) is 17.4 Å². The van der Waals surface area contributed by atoms with Gasteiger partial charge in [0.15, 0.2) is 9.84 Å². The van der Waals surface area contributed by atoms with Gasteiger partial charge in [-0.25, -0.2) is 8.42 Å². The number of carbonyl (C=O) groups excluding carboxylic acids is 1. The summed E-state index contributed by atoms with van der Waals surface area (Å²) >= 11 is 5.90. The first-order valence-corrected chi connectivity index (χ1v) is 9.60. The third kappa shape index (κ3) is 3.45. The first-order chi connectivity index (χ1) is 11.4. The van der Waals surface area contributed by atoms with Gasteiger partial charge in [0.25, 0.3) is 5.91 Å². The molecule has 1 aliphatic heterocycles. The molecular formula is C17H16ClNO4S. The van der Waals surface area contributed by atoms with E-state index in [1.54, 1.807) is 54.6 Å². The number of hydrogen-bond donors (Lipinski definition) is 1. The van der Waals surface area contributed by atoms with Crippen LogP contribution in [0.3, 0.4) is 0 Å². The van der Waals surface area contributed by atoms with Crippen molar-refractivity contribution in [3.8, 4) is 0 Å². The Morgan fingerprint density at radius 3 is 2.21 bits per heavy atom. The summed E-state index contributed by atoms with van der Waals surface area (Å²) in [7, 11) is -3.39. The number of hydrogen-bond acceptors (Lipinski definition) is 4. The molecule has 1 fully saturated rings. The minimum Gasteiger partial charge on any atom is -0.390 e. The number of sulfone groups is 1. The van der Waals surface area contributed by atoms with Gasteiger partial charge < -0.3 is 10.0 Å². The molecule has 1 heterocycles. The topological polar surface area (TPSA) is 74.7 Å². The van der Waals surface area contributed by atoms with Crippen LogP contribution >= 0.6 is 11.6 Å². The standard InChI is InChI=1S/C17H16ClNO4S/c18-13-6-8-14(9-7-13)19(15-10-24(22,23)11-16(15)20)17(21)12-4-2-1-3-5-12/h1-9,15-16,20H,10-11H2. The summed E-state index contributed by atoms with van der Waals surface area (Å²) in [4.78, 5) is 14.3. The zero-order valence-corrected chi connectivity index (χ0v) is 14.2. The van der Waals surface area contributed by atoms with E-state index >= 15 is 0 Å². The Kier molecular flexibility index (Phi) is 4.62. The molecular weight excluding hydrogens is 350 g/mol. The zero-order valence-electron chi connectivity index (χ0n) is 12.7. The van der Waals surface area contributed by atoms with Crippen molar-refractivity contribution in [2.24, 2.45) is 0 Å². The van der Waals surface area contributed by atoms with Crippen molar-refractivity contribution < 1.29 is 18.3 Å². The van der Waals surface area contributed by atoms with E-state index in [1.807, 2.05) is 0 Å². The van der Waals surface area contributed by atoms with E-state index in [4.69, 9.17) is 11.6 Å². The Bertz CT molecular complexity index is 837. The van der Waals surface area contributed by atoms with Gasteiger partial charge in [-0.05, 0) is 36.4 Å². The lowest BCUT2D eigenvalue weighted by Crippen LogP contribution is -2.47. The smallest absolute Gasteiger partial charge is 0.258 e. The summed E-state index contributed by atoms with van der Waals surface area (Å²) in [6, 6.07) is 14.3. The van der Waals surface area contributed by atoms with Crippen LogP contribution in [0, 0.1) is 0 Å². The zero-order chi connectivity index (χ0) is 17.3. The lowest BCUT2D eigenvalue weighted by molar-refractivity contribution is 0.0945. The summed E-state index contributed by atoms with van der Waals surface area (Å²) in [5.74, 6) is -0.974. The second-order valence-electron chi connectivity index (χ2n) is 5.73. The minimum atomic E-state index is -3.39. The first kappa shape index (κ1) is 17.0. The fourth-order valence-electron chi connectivity index (χ4n) is 2.84. The van der Waals surface area contributed by atoms with E-state index < -0.39 is 22.0 Å². The molecule has 2 aromatic rings. The maximum atomic E-state index is 13.0. The molecule has 0 radical (unpaired) electrons. The normalized spacial score (nSPS) is 22.2. The van der Waals surface area contributed by atoms with Crippen LogP contribution in [0.5, 0.6) is 0 Å². The molecule has 1 saturated heterocycles. The number of amides is 1. The number of nitrogens with zero attached hydrogens (tertiary/aromatic N) is 1. The third-order valence-electron chi connectivity index (χ3n) is 3.97. The fourth-order valence-corrected chi connectivity index (χ4v) is 4.73. The maximum absolute atomic E-state index is 13.0. The number of aliphatic hydroxyl groups excluding tert-OH is 1. The predicted octanol–water partition coefficient (Wildman–Crippen LogP) is 2.14. The Hall–Kier alpha value is -1.89. The third-order valence-corrected chi connectivity index (χ3v) is 5.92. The second-order valence-corrected chi connectivity index (χ2v) is 8.32. The van der Waals surface area contributed by atoms with Crippen LogP contribution in [0.4, 0.5) is 5.69 Å². The van der Waals surface area contributed by atoms with Gasteiger partial charge in [0.1, 0.15) is 0 Å². The lowest BCUT2D eigenvalue weighted by atomic mass is 10.1. The summed E-state index contributed by atoms with van der Waals surface area (Å²) in [6.07, 6.45) is -1.13. The Balaban J connectivity index is 2.04. The minimum absolute atomic E-state index is 0.268. The highest BCUT2D eigenvalue weighted by Crippen LogP contribution is 2.28. The molecule has 126 valence electrons. The molecule has 0 bridgehead atoms. The molecule has 7 heteroatoms. The largest absolute Gasteiger partial charge is 0.390 e. The van der Waals surface area contributed by atoms with Gasteiger partial charge in [-0.15, -0.1) is 0 Å². The Labute approximate surface area is 145 Å². The van der Waals surface area contributed by atoms with Crippen LogP contribution in [0.1, 0.15) is 10.4 Å². The summed E-state index contributed by atoms with van der Waals surface area (Å²) < 4.78 is 23.8. The molecule has 2 unspecified atom stereocenters. The highest BCUT2D eigenvalue weighted by molar-refractivity contribution is 7.91. The quantitative estimate of drug-likeness (QED) is 0.904. The van der Waals surface area contributed by atoms with Crippen LogP contribution in [0.25, 0.3) is 0 Å². The van der Waals surface area contributed by atoms with Crippen molar-refractivity contribution in [3.63, 3.8) is 0 Å².